The van der Waals surface area contributed by atoms with Gasteiger partial charge >= 0.3 is 0 Å². The molecule has 4 heteroatoms. The van der Waals surface area contributed by atoms with Crippen LogP contribution in [0.4, 0.5) is 5.69 Å². The Morgan fingerprint density at radius 2 is 1.14 bits per heavy atom. The molecule has 0 spiro atoms. The first-order valence-electron chi connectivity index (χ1n) is 21.2. The molecule has 0 saturated carbocycles. The fourth-order valence-electron chi connectivity index (χ4n) is 7.81. The van der Waals surface area contributed by atoms with Crippen LogP contribution in [0.25, 0.3) is 51.9 Å². The summed E-state index contributed by atoms with van der Waals surface area (Å²) in [5, 5.41) is 4.27. The van der Waals surface area contributed by atoms with E-state index >= 15 is 0 Å². The Labute approximate surface area is 378 Å². The molecule has 4 nitrogen and oxygen atoms in total. The SMILES string of the molecule is C=C/C=C(\C=C)N(/C=C/C=c1\c(=C)c2ccccc2n1-c1ccccc1)C(=C)/C=C\C(=C)C(=C)/C=C\C(=C)N(C/C=C\c1c(C)c2ccccc2n1-c1ccccc1)c1ccccc1. The second kappa shape index (κ2) is 20.5. The van der Waals surface area contributed by atoms with Gasteiger partial charge in [0.2, 0.25) is 0 Å². The summed E-state index contributed by atoms with van der Waals surface area (Å²) in [4.78, 5) is 4.15. The van der Waals surface area contributed by atoms with Gasteiger partial charge in [-0.2, -0.15) is 0 Å². The molecular weight excluding hydrogens is 777 g/mol. The summed E-state index contributed by atoms with van der Waals surface area (Å²) in [5.41, 5.74) is 11.7. The minimum Gasteiger partial charge on any atom is -0.338 e. The molecule has 7 aromatic rings. The molecule has 0 fully saturated rings. The Balaban J connectivity index is 1.09. The average molecular weight is 831 g/mol. The molecule has 0 saturated heterocycles. The molecule has 0 atom stereocenters. The number of aromatic nitrogens is 2. The molecule has 0 amide bonds. The normalized spacial score (nSPS) is 12.3. The number of aryl methyl sites for hydroxylation is 1. The van der Waals surface area contributed by atoms with Crippen molar-refractivity contribution in [3.05, 3.63) is 290 Å². The quantitative estimate of drug-likeness (QED) is 0.0801. The van der Waals surface area contributed by atoms with Crippen LogP contribution in [-0.4, -0.2) is 20.6 Å². The number of allylic oxidation sites excluding steroid dienone is 10. The number of hydrogen-bond donors (Lipinski definition) is 0. The first kappa shape index (κ1) is 43.7. The molecule has 0 aliphatic carbocycles. The Morgan fingerprint density at radius 3 is 1.75 bits per heavy atom. The minimum atomic E-state index is 0.603. The molecule has 64 heavy (non-hydrogen) atoms. The van der Waals surface area contributed by atoms with Crippen molar-refractivity contribution in [3.8, 4) is 11.4 Å². The van der Waals surface area contributed by atoms with E-state index in [4.69, 9.17) is 0 Å². The van der Waals surface area contributed by atoms with Gasteiger partial charge in [0.25, 0.3) is 0 Å². The molecule has 0 aliphatic rings. The number of rotatable bonds is 18. The summed E-state index contributed by atoms with van der Waals surface area (Å²) in [6, 6.07) is 48.0. The van der Waals surface area contributed by atoms with Gasteiger partial charge in [-0.15, -0.1) is 0 Å². The maximum absolute atomic E-state index is 4.49. The Morgan fingerprint density at radius 1 is 0.609 bits per heavy atom. The van der Waals surface area contributed by atoms with E-state index in [-0.39, 0.29) is 0 Å². The number of fused-ring (bicyclic) bond motifs is 2. The Hall–Kier alpha value is -8.34. The highest BCUT2D eigenvalue weighted by Crippen LogP contribution is 2.30. The van der Waals surface area contributed by atoms with Crippen LogP contribution < -0.4 is 15.5 Å². The molecule has 5 aromatic carbocycles. The van der Waals surface area contributed by atoms with E-state index in [0.717, 1.165) is 66.8 Å². The molecular formula is C60H54N4. The average Bonchev–Trinajstić information content (AvgIpc) is 3.78. The molecule has 0 N–H and O–H groups in total. The smallest absolute Gasteiger partial charge is 0.0540 e. The first-order valence-corrected chi connectivity index (χ1v) is 21.2. The van der Waals surface area contributed by atoms with Gasteiger partial charge in [0.1, 0.15) is 0 Å². The highest BCUT2D eigenvalue weighted by atomic mass is 15.1. The summed E-state index contributed by atoms with van der Waals surface area (Å²) < 4.78 is 4.56. The monoisotopic (exact) mass is 830 g/mol. The van der Waals surface area contributed by atoms with E-state index in [1.165, 1.54) is 16.5 Å². The van der Waals surface area contributed by atoms with Crippen LogP contribution in [0.1, 0.15) is 11.3 Å². The molecule has 0 aliphatic heterocycles. The van der Waals surface area contributed by atoms with E-state index in [9.17, 15) is 0 Å². The fourth-order valence-corrected chi connectivity index (χ4v) is 7.81. The Bertz CT molecular complexity index is 3140. The highest BCUT2D eigenvalue weighted by Gasteiger charge is 2.14. The Kier molecular flexibility index (Phi) is 14.0. The zero-order chi connectivity index (χ0) is 45.0. The van der Waals surface area contributed by atoms with Crippen molar-refractivity contribution >= 4 is 46.2 Å². The largest absolute Gasteiger partial charge is 0.338 e. The minimum absolute atomic E-state index is 0.603. The topological polar surface area (TPSA) is 16.3 Å². The van der Waals surface area contributed by atoms with Crippen molar-refractivity contribution in [2.24, 2.45) is 0 Å². The fraction of sp³-hybridized carbons (Fsp3) is 0.0333. The molecule has 0 unspecified atom stereocenters. The summed E-state index contributed by atoms with van der Waals surface area (Å²) in [6.45, 7) is 32.9. The predicted octanol–water partition coefficient (Wildman–Crippen LogP) is 13.6. The molecule has 0 radical (unpaired) electrons. The molecule has 2 aromatic heterocycles. The van der Waals surface area contributed by atoms with Gasteiger partial charge in [-0.3, -0.25) is 0 Å². The van der Waals surface area contributed by atoms with Crippen molar-refractivity contribution in [1.82, 2.24) is 14.0 Å². The lowest BCUT2D eigenvalue weighted by molar-refractivity contribution is 0.617. The van der Waals surface area contributed by atoms with E-state index < -0.39 is 0 Å². The lowest BCUT2D eigenvalue weighted by Gasteiger charge is -2.24. The van der Waals surface area contributed by atoms with Crippen LogP contribution in [0, 0.1) is 6.92 Å². The molecule has 2 heterocycles. The molecule has 314 valence electrons. The maximum Gasteiger partial charge on any atom is 0.0540 e. The number of hydrogen-bond acceptors (Lipinski definition) is 2. The number of nitrogens with zero attached hydrogens (tertiary/aromatic N) is 4. The van der Waals surface area contributed by atoms with Crippen molar-refractivity contribution < 1.29 is 0 Å². The van der Waals surface area contributed by atoms with Crippen LogP contribution in [0.2, 0.25) is 0 Å². The van der Waals surface area contributed by atoms with Gasteiger partial charge in [-0.25, -0.2) is 0 Å². The van der Waals surface area contributed by atoms with Gasteiger partial charge in [0.05, 0.1) is 16.4 Å². The third kappa shape index (κ3) is 9.58. The van der Waals surface area contributed by atoms with E-state index in [1.807, 2.05) is 96.1 Å². The molecule has 7 rings (SSSR count). The van der Waals surface area contributed by atoms with Crippen molar-refractivity contribution in [1.29, 1.82) is 0 Å². The van der Waals surface area contributed by atoms with Crippen LogP contribution >= 0.6 is 0 Å². The van der Waals surface area contributed by atoms with Crippen molar-refractivity contribution in [2.45, 2.75) is 6.92 Å². The van der Waals surface area contributed by atoms with Crippen molar-refractivity contribution in [3.63, 3.8) is 0 Å². The predicted molar refractivity (Wildman–Crippen MR) is 278 cm³/mol. The lowest BCUT2D eigenvalue weighted by Crippen LogP contribution is -2.27. The van der Waals surface area contributed by atoms with Gasteiger partial charge in [0, 0.05) is 68.6 Å². The second-order valence-electron chi connectivity index (χ2n) is 15.2. The number of anilines is 1. The zero-order valence-corrected chi connectivity index (χ0v) is 36.7. The summed E-state index contributed by atoms with van der Waals surface area (Å²) >= 11 is 0. The summed E-state index contributed by atoms with van der Waals surface area (Å²) in [6.07, 6.45) is 23.7. The summed E-state index contributed by atoms with van der Waals surface area (Å²) in [5.74, 6) is 0. The number of para-hydroxylation sites is 5. The maximum atomic E-state index is 4.49. The van der Waals surface area contributed by atoms with Gasteiger partial charge < -0.3 is 18.9 Å². The first-order chi connectivity index (χ1) is 31.2. The van der Waals surface area contributed by atoms with E-state index in [0.29, 0.717) is 12.2 Å². The van der Waals surface area contributed by atoms with Crippen molar-refractivity contribution in [2.75, 3.05) is 11.4 Å². The van der Waals surface area contributed by atoms with Crippen LogP contribution in [0.15, 0.2) is 268 Å². The summed E-state index contributed by atoms with van der Waals surface area (Å²) in [7, 11) is 0. The van der Waals surface area contributed by atoms with E-state index in [1.54, 1.807) is 12.2 Å². The van der Waals surface area contributed by atoms with E-state index in [2.05, 4.69) is 176 Å². The standard InChI is InChI=1S/C60H54N4/c1-9-26-51(10-2)61(43-24-37-57-49(7)55-33-20-22-35-59(55)63(57)53-29-16-12-17-30-53)47(5)41-39-45(3)46(4)40-42-48(6)62(52-27-14-11-15-28-52)44-25-38-58-50(8)56-34-21-23-36-60(56)64(58)54-31-18-13-19-32-54/h9-43H,1-7,44H2,8H3/b38-25-,41-39-,42-40-,43-24+,51-26+,57-37+. The number of benzene rings is 5. The van der Waals surface area contributed by atoms with Crippen LogP contribution in [-0.2, 0) is 0 Å². The van der Waals surface area contributed by atoms with Gasteiger partial charge in [0.15, 0.2) is 0 Å². The second-order valence-corrected chi connectivity index (χ2v) is 15.2. The van der Waals surface area contributed by atoms with Crippen LogP contribution in [0.5, 0.6) is 0 Å². The lowest BCUT2D eigenvalue weighted by atomic mass is 10.1. The van der Waals surface area contributed by atoms with Crippen LogP contribution in [0.3, 0.4) is 0 Å². The van der Waals surface area contributed by atoms with Gasteiger partial charge in [-0.05, 0) is 115 Å². The van der Waals surface area contributed by atoms with Gasteiger partial charge in [-0.1, -0.05) is 161 Å². The highest BCUT2D eigenvalue weighted by molar-refractivity contribution is 5.90. The zero-order valence-electron chi connectivity index (χ0n) is 36.7. The third-order valence-corrected chi connectivity index (χ3v) is 11.1. The third-order valence-electron chi connectivity index (χ3n) is 11.1. The molecule has 0 bridgehead atoms.